The Labute approximate surface area is 79.1 Å². The van der Waals surface area contributed by atoms with Crippen LogP contribution in [0.4, 0.5) is 0 Å². The summed E-state index contributed by atoms with van der Waals surface area (Å²) in [6.45, 7) is 5.19. The minimum Gasteiger partial charge on any atom is -0.469 e. The molecule has 4 nitrogen and oxygen atoms in total. The molecule has 0 heterocycles. The highest BCUT2D eigenvalue weighted by molar-refractivity contribution is 5.70. The molecule has 0 saturated carbocycles. The monoisotopic (exact) mass is 189 g/mol. The summed E-state index contributed by atoms with van der Waals surface area (Å²) in [4.78, 5) is 10.9. The van der Waals surface area contributed by atoms with Crippen molar-refractivity contribution in [2.45, 2.75) is 44.8 Å². The highest BCUT2D eigenvalue weighted by Crippen LogP contribution is 2.21. The third-order valence-electron chi connectivity index (χ3n) is 1.59. The molecule has 0 saturated heterocycles. The molecule has 0 radical (unpaired) electrons. The van der Waals surface area contributed by atoms with Gasteiger partial charge in [0.25, 0.3) is 0 Å². The lowest BCUT2D eigenvalue weighted by Crippen LogP contribution is -2.43. The van der Waals surface area contributed by atoms with Crippen molar-refractivity contribution in [1.82, 2.24) is 0 Å². The zero-order valence-electron chi connectivity index (χ0n) is 8.76. The summed E-state index contributed by atoms with van der Waals surface area (Å²) < 4.78 is 4.46. The molecular formula is C9H19NO3. The van der Waals surface area contributed by atoms with Gasteiger partial charge in [0.2, 0.25) is 0 Å². The van der Waals surface area contributed by atoms with Crippen LogP contribution in [-0.2, 0) is 9.53 Å². The van der Waals surface area contributed by atoms with E-state index in [0.29, 0.717) is 6.42 Å². The van der Waals surface area contributed by atoms with E-state index < -0.39 is 17.1 Å². The number of carbonyl (C=O) groups excluding carboxylic acids is 1. The van der Waals surface area contributed by atoms with Gasteiger partial charge in [-0.2, -0.15) is 0 Å². The van der Waals surface area contributed by atoms with Gasteiger partial charge in [0.15, 0.2) is 0 Å². The van der Waals surface area contributed by atoms with Crippen LogP contribution >= 0.6 is 0 Å². The smallest absolute Gasteiger partial charge is 0.308 e. The molecule has 1 unspecified atom stereocenters. The number of ether oxygens (including phenoxy) is 1. The molecule has 4 heteroatoms. The Morgan fingerprint density at radius 2 is 1.92 bits per heavy atom. The van der Waals surface area contributed by atoms with Gasteiger partial charge in [0.1, 0.15) is 0 Å². The van der Waals surface area contributed by atoms with Crippen LogP contribution in [0.2, 0.25) is 0 Å². The van der Waals surface area contributed by atoms with Crippen LogP contribution in [0.1, 0.15) is 33.6 Å². The third-order valence-corrected chi connectivity index (χ3v) is 1.59. The highest BCUT2D eigenvalue weighted by Gasteiger charge is 2.30. The molecule has 3 N–H and O–H groups in total. The zero-order chi connectivity index (χ0) is 10.7. The first kappa shape index (κ1) is 12.4. The summed E-state index contributed by atoms with van der Waals surface area (Å²) in [5.41, 5.74) is 4.15. The van der Waals surface area contributed by atoms with Gasteiger partial charge in [-0.3, -0.25) is 4.79 Å². The Balaban J connectivity index is 4.16. The van der Waals surface area contributed by atoms with Crippen molar-refractivity contribution in [2.75, 3.05) is 7.11 Å². The van der Waals surface area contributed by atoms with Crippen LogP contribution < -0.4 is 5.73 Å². The van der Waals surface area contributed by atoms with Crippen molar-refractivity contribution < 1.29 is 14.6 Å². The Bertz CT molecular complexity index is 182. The second-order valence-corrected chi connectivity index (χ2v) is 4.42. The van der Waals surface area contributed by atoms with Gasteiger partial charge in [-0.1, -0.05) is 0 Å². The molecule has 1 atom stereocenters. The number of hydrogen-bond acceptors (Lipinski definition) is 4. The van der Waals surface area contributed by atoms with Crippen molar-refractivity contribution >= 4 is 5.97 Å². The van der Waals surface area contributed by atoms with E-state index in [1.807, 2.05) is 0 Å². The Morgan fingerprint density at radius 3 is 2.23 bits per heavy atom. The largest absolute Gasteiger partial charge is 0.469 e. The predicted octanol–water partition coefficient (Wildman–Crippen LogP) is 0.428. The van der Waals surface area contributed by atoms with Crippen molar-refractivity contribution in [2.24, 2.45) is 5.73 Å². The first-order chi connectivity index (χ1) is 5.66. The number of aliphatic hydroxyl groups is 1. The lowest BCUT2D eigenvalue weighted by Gasteiger charge is -2.29. The minimum atomic E-state index is -1.09. The van der Waals surface area contributed by atoms with Gasteiger partial charge >= 0.3 is 5.97 Å². The number of methoxy groups -OCH3 is 1. The molecule has 13 heavy (non-hydrogen) atoms. The van der Waals surface area contributed by atoms with Crippen LogP contribution in [0.3, 0.4) is 0 Å². The maximum atomic E-state index is 10.9. The van der Waals surface area contributed by atoms with Gasteiger partial charge in [-0.05, 0) is 27.2 Å². The van der Waals surface area contributed by atoms with Gasteiger partial charge < -0.3 is 15.6 Å². The SMILES string of the molecule is COC(=O)CC(C)(O)CC(C)(C)N. The molecule has 0 aliphatic rings. The molecule has 0 rings (SSSR count). The van der Waals surface area contributed by atoms with Gasteiger partial charge in [-0.15, -0.1) is 0 Å². The van der Waals surface area contributed by atoms with Gasteiger partial charge in [0.05, 0.1) is 19.1 Å². The first-order valence-corrected chi connectivity index (χ1v) is 4.24. The first-order valence-electron chi connectivity index (χ1n) is 4.24. The zero-order valence-corrected chi connectivity index (χ0v) is 8.76. The normalized spacial score (nSPS) is 16.5. The molecule has 0 fully saturated rings. The summed E-state index contributed by atoms with van der Waals surface area (Å²) >= 11 is 0. The summed E-state index contributed by atoms with van der Waals surface area (Å²) in [7, 11) is 1.30. The average Bonchev–Trinajstić information content (AvgIpc) is 1.80. The number of rotatable bonds is 4. The molecule has 0 bridgehead atoms. The van der Waals surface area contributed by atoms with E-state index in [2.05, 4.69) is 4.74 Å². The maximum absolute atomic E-state index is 10.9. The highest BCUT2D eigenvalue weighted by atomic mass is 16.5. The number of esters is 1. The predicted molar refractivity (Wildman–Crippen MR) is 50.1 cm³/mol. The Morgan fingerprint density at radius 1 is 1.46 bits per heavy atom. The molecule has 0 amide bonds. The fourth-order valence-electron chi connectivity index (χ4n) is 1.43. The van der Waals surface area contributed by atoms with Crippen LogP contribution in [0.25, 0.3) is 0 Å². The lowest BCUT2D eigenvalue weighted by molar-refractivity contribution is -0.146. The van der Waals surface area contributed by atoms with Gasteiger partial charge in [0, 0.05) is 5.54 Å². The maximum Gasteiger partial charge on any atom is 0.308 e. The molecule has 0 spiro atoms. The van der Waals surface area contributed by atoms with E-state index in [0.717, 1.165) is 0 Å². The van der Waals surface area contributed by atoms with Crippen LogP contribution in [0, 0.1) is 0 Å². The molecule has 0 aromatic rings. The summed E-state index contributed by atoms with van der Waals surface area (Å²) in [5, 5.41) is 9.77. The summed E-state index contributed by atoms with van der Waals surface area (Å²) in [5.74, 6) is -0.422. The Hall–Kier alpha value is -0.610. The topological polar surface area (TPSA) is 72.5 Å². The van der Waals surface area contributed by atoms with Crippen molar-refractivity contribution in [3.63, 3.8) is 0 Å². The van der Waals surface area contributed by atoms with E-state index in [9.17, 15) is 9.90 Å². The standard InChI is InChI=1S/C9H19NO3/c1-8(2,10)6-9(3,12)5-7(11)13-4/h12H,5-6,10H2,1-4H3. The quantitative estimate of drug-likeness (QED) is 0.629. The number of nitrogens with two attached hydrogens (primary N) is 1. The van der Waals surface area contributed by atoms with Crippen LogP contribution in [0.5, 0.6) is 0 Å². The summed E-state index contributed by atoms with van der Waals surface area (Å²) in [6.07, 6.45) is 0.333. The second-order valence-electron chi connectivity index (χ2n) is 4.42. The van der Waals surface area contributed by atoms with Crippen LogP contribution in [0.15, 0.2) is 0 Å². The molecular weight excluding hydrogens is 170 g/mol. The van der Waals surface area contributed by atoms with Gasteiger partial charge in [-0.25, -0.2) is 0 Å². The number of hydrogen-bond donors (Lipinski definition) is 2. The molecule has 0 aromatic carbocycles. The molecule has 0 aliphatic carbocycles. The van der Waals surface area contributed by atoms with Crippen molar-refractivity contribution in [1.29, 1.82) is 0 Å². The van der Waals surface area contributed by atoms with Crippen molar-refractivity contribution in [3.05, 3.63) is 0 Å². The van der Waals surface area contributed by atoms with E-state index >= 15 is 0 Å². The van der Waals surface area contributed by atoms with Crippen LogP contribution in [-0.4, -0.2) is 29.3 Å². The second kappa shape index (κ2) is 4.07. The van der Waals surface area contributed by atoms with E-state index in [4.69, 9.17) is 5.73 Å². The van der Waals surface area contributed by atoms with E-state index in [1.165, 1.54) is 7.11 Å². The molecule has 78 valence electrons. The molecule has 0 aromatic heterocycles. The Kier molecular flexibility index (Phi) is 3.88. The minimum absolute atomic E-state index is 0.0237. The third kappa shape index (κ3) is 6.54. The van der Waals surface area contributed by atoms with E-state index in [1.54, 1.807) is 20.8 Å². The average molecular weight is 189 g/mol. The fraction of sp³-hybridized carbons (Fsp3) is 0.889. The fourth-order valence-corrected chi connectivity index (χ4v) is 1.43. The molecule has 0 aliphatic heterocycles. The van der Waals surface area contributed by atoms with Crippen molar-refractivity contribution in [3.8, 4) is 0 Å². The number of carbonyl (C=O) groups is 1. The van der Waals surface area contributed by atoms with E-state index in [-0.39, 0.29) is 6.42 Å². The lowest BCUT2D eigenvalue weighted by atomic mass is 9.87. The summed E-state index contributed by atoms with van der Waals surface area (Å²) in [6, 6.07) is 0.